The Morgan fingerprint density at radius 1 is 1.24 bits per heavy atom. The molecular formula is C21H27FN6O. The first kappa shape index (κ1) is 19.6. The highest BCUT2D eigenvalue weighted by molar-refractivity contribution is 6.04. The molecule has 154 valence electrons. The van der Waals surface area contributed by atoms with E-state index in [1.54, 1.807) is 36.3 Å². The smallest absolute Gasteiger partial charge is 0.249 e. The van der Waals surface area contributed by atoms with Gasteiger partial charge in [-0.3, -0.25) is 10.2 Å². The van der Waals surface area contributed by atoms with E-state index in [9.17, 15) is 9.18 Å². The molecule has 7 nitrogen and oxygen atoms in total. The number of fused-ring (bicyclic) bond motifs is 1. The highest BCUT2D eigenvalue weighted by Gasteiger charge is 2.41. The molecule has 1 aromatic heterocycles. The third kappa shape index (κ3) is 3.76. The Kier molecular flexibility index (Phi) is 5.62. The molecule has 0 spiro atoms. The standard InChI is InChI=1S/C21H27FN6O/c1-3-17-20(29)27(2)18-13-23-21(25-19(18)28(17)15-9-5-6-10-15)26-24-12-14-8-4-7-11-16(14)22/h4,7-8,11,13,15,17,24H,3,5-6,9-10,12H2,1-2H3,(H,23,25,26). The molecule has 1 amide bonds. The van der Waals surface area contributed by atoms with Gasteiger partial charge in [-0.1, -0.05) is 38.0 Å². The fraction of sp³-hybridized carbons (Fsp3) is 0.476. The van der Waals surface area contributed by atoms with Gasteiger partial charge in [0.15, 0.2) is 5.82 Å². The van der Waals surface area contributed by atoms with Gasteiger partial charge in [-0.2, -0.15) is 4.98 Å². The zero-order valence-corrected chi connectivity index (χ0v) is 16.9. The maximum atomic E-state index is 13.8. The van der Waals surface area contributed by atoms with Crippen LogP contribution in [-0.4, -0.2) is 35.0 Å². The minimum Gasteiger partial charge on any atom is -0.340 e. The van der Waals surface area contributed by atoms with Crippen LogP contribution < -0.4 is 20.7 Å². The van der Waals surface area contributed by atoms with Crippen molar-refractivity contribution in [1.82, 2.24) is 15.4 Å². The van der Waals surface area contributed by atoms with E-state index >= 15 is 0 Å². The predicted octanol–water partition coefficient (Wildman–Crippen LogP) is 3.24. The quantitative estimate of drug-likeness (QED) is 0.728. The Morgan fingerprint density at radius 2 is 2.00 bits per heavy atom. The van der Waals surface area contributed by atoms with Gasteiger partial charge in [-0.05, 0) is 25.3 Å². The number of carbonyl (C=O) groups is 1. The summed E-state index contributed by atoms with van der Waals surface area (Å²) in [4.78, 5) is 25.8. The monoisotopic (exact) mass is 398 g/mol. The van der Waals surface area contributed by atoms with Crippen LogP contribution in [0, 0.1) is 5.82 Å². The average Bonchev–Trinajstić information content (AvgIpc) is 3.26. The molecule has 1 aliphatic carbocycles. The summed E-state index contributed by atoms with van der Waals surface area (Å²) in [6, 6.07) is 6.75. The van der Waals surface area contributed by atoms with Gasteiger partial charge in [0.05, 0.1) is 6.20 Å². The first-order valence-corrected chi connectivity index (χ1v) is 10.3. The largest absolute Gasteiger partial charge is 0.340 e. The van der Waals surface area contributed by atoms with Gasteiger partial charge in [-0.15, -0.1) is 0 Å². The Balaban J connectivity index is 1.57. The molecule has 2 N–H and O–H groups in total. The molecule has 1 saturated carbocycles. The number of benzene rings is 1. The average molecular weight is 398 g/mol. The fourth-order valence-corrected chi connectivity index (χ4v) is 4.30. The summed E-state index contributed by atoms with van der Waals surface area (Å²) in [7, 11) is 1.78. The molecule has 2 aliphatic rings. The lowest BCUT2D eigenvalue weighted by Gasteiger charge is -2.43. The summed E-state index contributed by atoms with van der Waals surface area (Å²) in [5, 5.41) is 0. The lowest BCUT2D eigenvalue weighted by atomic mass is 10.0. The second-order valence-corrected chi connectivity index (χ2v) is 7.64. The zero-order chi connectivity index (χ0) is 20.4. The number of aromatic nitrogens is 2. The number of nitrogens with one attached hydrogen (secondary N) is 2. The molecule has 1 atom stereocenters. The van der Waals surface area contributed by atoms with Crippen molar-refractivity contribution in [3.8, 4) is 0 Å². The van der Waals surface area contributed by atoms with E-state index in [-0.39, 0.29) is 17.8 Å². The first-order valence-electron chi connectivity index (χ1n) is 10.3. The van der Waals surface area contributed by atoms with Crippen LogP contribution in [-0.2, 0) is 11.3 Å². The van der Waals surface area contributed by atoms with Crippen molar-refractivity contribution in [2.45, 2.75) is 57.7 Å². The molecule has 1 fully saturated rings. The number of anilines is 3. The third-order valence-corrected chi connectivity index (χ3v) is 5.85. The topological polar surface area (TPSA) is 73.4 Å². The lowest BCUT2D eigenvalue weighted by molar-refractivity contribution is -0.120. The minimum absolute atomic E-state index is 0.0916. The van der Waals surface area contributed by atoms with Crippen LogP contribution >= 0.6 is 0 Å². The molecular weight excluding hydrogens is 371 g/mol. The Bertz CT molecular complexity index is 885. The number of halogens is 1. The number of hydrogen-bond acceptors (Lipinski definition) is 6. The maximum absolute atomic E-state index is 13.8. The number of likely N-dealkylation sites (N-methyl/N-ethyl adjacent to an activating group) is 1. The van der Waals surface area contributed by atoms with Gasteiger partial charge in [0.2, 0.25) is 11.9 Å². The molecule has 0 saturated heterocycles. The van der Waals surface area contributed by atoms with Gasteiger partial charge in [0.25, 0.3) is 0 Å². The third-order valence-electron chi connectivity index (χ3n) is 5.85. The lowest BCUT2D eigenvalue weighted by Crippen LogP contribution is -2.55. The van der Waals surface area contributed by atoms with Gasteiger partial charge in [-0.25, -0.2) is 14.8 Å². The molecule has 29 heavy (non-hydrogen) atoms. The second-order valence-electron chi connectivity index (χ2n) is 7.64. The van der Waals surface area contributed by atoms with Crippen molar-refractivity contribution in [3.63, 3.8) is 0 Å². The van der Waals surface area contributed by atoms with Crippen LogP contribution in [0.2, 0.25) is 0 Å². The van der Waals surface area contributed by atoms with Crippen molar-refractivity contribution < 1.29 is 9.18 Å². The van der Waals surface area contributed by atoms with E-state index in [0.717, 1.165) is 30.8 Å². The first-order chi connectivity index (χ1) is 14.1. The molecule has 2 heterocycles. The van der Waals surface area contributed by atoms with Crippen LogP contribution in [0.5, 0.6) is 0 Å². The highest BCUT2D eigenvalue weighted by atomic mass is 19.1. The number of hydrogen-bond donors (Lipinski definition) is 2. The van der Waals surface area contributed by atoms with E-state index in [2.05, 4.69) is 20.7 Å². The molecule has 1 unspecified atom stereocenters. The van der Waals surface area contributed by atoms with Crippen molar-refractivity contribution >= 4 is 23.4 Å². The highest BCUT2D eigenvalue weighted by Crippen LogP contribution is 2.39. The van der Waals surface area contributed by atoms with Gasteiger partial charge >= 0.3 is 0 Å². The minimum atomic E-state index is -0.258. The normalized spacial score (nSPS) is 19.6. The molecule has 2 aromatic rings. The molecule has 0 bridgehead atoms. The Morgan fingerprint density at radius 3 is 2.72 bits per heavy atom. The van der Waals surface area contributed by atoms with Crippen molar-refractivity contribution in [3.05, 3.63) is 41.8 Å². The van der Waals surface area contributed by atoms with Crippen LogP contribution in [0.4, 0.5) is 21.8 Å². The van der Waals surface area contributed by atoms with E-state index in [1.807, 2.05) is 6.92 Å². The number of carbonyl (C=O) groups excluding carboxylic acids is 1. The van der Waals surface area contributed by atoms with Crippen LogP contribution in [0.1, 0.15) is 44.6 Å². The van der Waals surface area contributed by atoms with E-state index in [4.69, 9.17) is 4.98 Å². The van der Waals surface area contributed by atoms with Crippen molar-refractivity contribution in [2.75, 3.05) is 22.3 Å². The fourth-order valence-electron chi connectivity index (χ4n) is 4.30. The summed E-state index contributed by atoms with van der Waals surface area (Å²) in [5.74, 6) is 1.03. The molecule has 8 heteroatoms. The summed E-state index contributed by atoms with van der Waals surface area (Å²) < 4.78 is 13.8. The van der Waals surface area contributed by atoms with Crippen molar-refractivity contribution in [1.29, 1.82) is 0 Å². The van der Waals surface area contributed by atoms with Gasteiger partial charge < -0.3 is 9.80 Å². The maximum Gasteiger partial charge on any atom is 0.249 e. The summed E-state index contributed by atoms with van der Waals surface area (Å²) >= 11 is 0. The van der Waals surface area contributed by atoms with E-state index < -0.39 is 0 Å². The van der Waals surface area contributed by atoms with Gasteiger partial charge in [0, 0.05) is 25.2 Å². The summed E-state index contributed by atoms with van der Waals surface area (Å²) in [5.41, 5.74) is 7.24. The second kappa shape index (κ2) is 8.32. The van der Waals surface area contributed by atoms with E-state index in [0.29, 0.717) is 24.1 Å². The number of amides is 1. The van der Waals surface area contributed by atoms with Crippen LogP contribution in [0.15, 0.2) is 30.5 Å². The Labute approximate surface area is 170 Å². The summed E-state index contributed by atoms with van der Waals surface area (Å²) in [6.07, 6.45) is 6.92. The predicted molar refractivity (Wildman–Crippen MR) is 111 cm³/mol. The number of rotatable bonds is 6. The number of hydrazine groups is 1. The molecule has 4 rings (SSSR count). The van der Waals surface area contributed by atoms with E-state index in [1.165, 1.54) is 18.9 Å². The number of nitrogens with zero attached hydrogens (tertiary/aromatic N) is 4. The van der Waals surface area contributed by atoms with Gasteiger partial charge in [0.1, 0.15) is 17.5 Å². The van der Waals surface area contributed by atoms with Crippen LogP contribution in [0.3, 0.4) is 0 Å². The summed E-state index contributed by atoms with van der Waals surface area (Å²) in [6.45, 7) is 2.34. The molecule has 1 aliphatic heterocycles. The SMILES string of the molecule is CCC1C(=O)N(C)c2cnc(NNCc3ccccc3F)nc2N1C1CCCC1. The molecule has 1 aromatic carbocycles. The molecule has 0 radical (unpaired) electrons. The zero-order valence-electron chi connectivity index (χ0n) is 16.9. The van der Waals surface area contributed by atoms with Crippen molar-refractivity contribution in [2.24, 2.45) is 0 Å². The Hall–Kier alpha value is -2.74. The van der Waals surface area contributed by atoms with Crippen LogP contribution in [0.25, 0.3) is 0 Å².